The lowest BCUT2D eigenvalue weighted by Crippen LogP contribution is -1.89. The molecule has 0 saturated heterocycles. The molecule has 0 aliphatic heterocycles. The maximum absolute atomic E-state index is 2.21. The van der Waals surface area contributed by atoms with Gasteiger partial charge in [-0.15, -0.1) is 0 Å². The number of benzene rings is 1. The van der Waals surface area contributed by atoms with E-state index >= 15 is 0 Å². The van der Waals surface area contributed by atoms with Gasteiger partial charge in [-0.2, -0.15) is 0 Å². The van der Waals surface area contributed by atoms with Crippen LogP contribution >= 0.6 is 0 Å². The molecular weight excluding hydrogens is 156 g/mol. The summed E-state index contributed by atoms with van der Waals surface area (Å²) in [5, 5.41) is 0. The predicted molar refractivity (Wildman–Crippen MR) is 57.6 cm³/mol. The highest BCUT2D eigenvalue weighted by atomic mass is 14.1. The fraction of sp³-hybridized carbons (Fsp3) is 0.231. The van der Waals surface area contributed by atoms with Gasteiger partial charge in [-0.1, -0.05) is 47.6 Å². The van der Waals surface area contributed by atoms with Gasteiger partial charge in [0.05, 0.1) is 0 Å². The highest BCUT2D eigenvalue weighted by Gasteiger charge is 2.04. The van der Waals surface area contributed by atoms with Gasteiger partial charge in [0.2, 0.25) is 0 Å². The minimum Gasteiger partial charge on any atom is -0.0660 e. The van der Waals surface area contributed by atoms with E-state index in [1.165, 1.54) is 22.3 Å². The van der Waals surface area contributed by atoms with Gasteiger partial charge in [0.15, 0.2) is 0 Å². The van der Waals surface area contributed by atoms with Crippen LogP contribution in [0.2, 0.25) is 0 Å². The normalized spacial score (nSPS) is 15.5. The van der Waals surface area contributed by atoms with Crippen LogP contribution in [0.3, 0.4) is 0 Å². The molecule has 0 radical (unpaired) electrons. The van der Waals surface area contributed by atoms with Gasteiger partial charge in [-0.25, -0.2) is 0 Å². The van der Waals surface area contributed by atoms with E-state index in [4.69, 9.17) is 0 Å². The van der Waals surface area contributed by atoms with Crippen LogP contribution in [0.1, 0.15) is 25.0 Å². The summed E-state index contributed by atoms with van der Waals surface area (Å²) in [7, 11) is 0. The topological polar surface area (TPSA) is 0 Å². The van der Waals surface area contributed by atoms with Crippen molar-refractivity contribution < 1.29 is 0 Å². The molecule has 0 spiro atoms. The standard InChI is InChI=1S/C13H14/c1-10-7-8-12-5-3-4-6-13(12)9-11(10)2/h3-8H,9H2,1-2H3. The van der Waals surface area contributed by atoms with Crippen LogP contribution in [0.4, 0.5) is 0 Å². The van der Waals surface area contributed by atoms with Crippen molar-refractivity contribution in [1.29, 1.82) is 0 Å². The third-order valence-corrected chi connectivity index (χ3v) is 2.70. The van der Waals surface area contributed by atoms with Crippen LogP contribution < -0.4 is 0 Å². The first-order chi connectivity index (χ1) is 6.27. The van der Waals surface area contributed by atoms with Crippen molar-refractivity contribution in [3.63, 3.8) is 0 Å². The zero-order valence-corrected chi connectivity index (χ0v) is 8.17. The monoisotopic (exact) mass is 170 g/mol. The molecule has 0 saturated carbocycles. The second-order valence-corrected chi connectivity index (χ2v) is 3.67. The van der Waals surface area contributed by atoms with E-state index in [9.17, 15) is 0 Å². The second-order valence-electron chi connectivity index (χ2n) is 3.67. The molecule has 0 N–H and O–H groups in total. The zero-order chi connectivity index (χ0) is 9.26. The molecule has 1 aromatic carbocycles. The molecule has 0 atom stereocenters. The Kier molecular flexibility index (Phi) is 2.05. The molecule has 1 aromatic rings. The van der Waals surface area contributed by atoms with Crippen LogP contribution in [0.15, 0.2) is 41.5 Å². The molecule has 1 aliphatic carbocycles. The Bertz CT molecular complexity index is 381. The molecule has 0 amide bonds. The Balaban J connectivity index is 2.51. The highest BCUT2D eigenvalue weighted by Crippen LogP contribution is 2.21. The lowest BCUT2D eigenvalue weighted by molar-refractivity contribution is 1.11. The average Bonchev–Trinajstić information content (AvgIpc) is 2.28. The maximum atomic E-state index is 2.21. The molecule has 0 fully saturated rings. The van der Waals surface area contributed by atoms with Crippen molar-refractivity contribution in [3.8, 4) is 0 Å². The van der Waals surface area contributed by atoms with Crippen LogP contribution in [0, 0.1) is 0 Å². The van der Waals surface area contributed by atoms with Gasteiger partial charge in [0, 0.05) is 0 Å². The van der Waals surface area contributed by atoms with Gasteiger partial charge in [-0.3, -0.25) is 0 Å². The Morgan fingerprint density at radius 2 is 1.77 bits per heavy atom. The first-order valence-electron chi connectivity index (χ1n) is 4.70. The Morgan fingerprint density at radius 3 is 2.62 bits per heavy atom. The van der Waals surface area contributed by atoms with Crippen LogP contribution in [0.25, 0.3) is 6.08 Å². The first kappa shape index (κ1) is 8.31. The van der Waals surface area contributed by atoms with E-state index in [1.807, 2.05) is 0 Å². The third kappa shape index (κ3) is 1.57. The summed E-state index contributed by atoms with van der Waals surface area (Å²) in [5.41, 5.74) is 5.67. The first-order valence-corrected chi connectivity index (χ1v) is 4.70. The molecule has 66 valence electrons. The summed E-state index contributed by atoms with van der Waals surface area (Å²) in [5.74, 6) is 0. The Morgan fingerprint density at radius 1 is 1.00 bits per heavy atom. The van der Waals surface area contributed by atoms with Crippen molar-refractivity contribution in [2.75, 3.05) is 0 Å². The van der Waals surface area contributed by atoms with Crippen molar-refractivity contribution in [3.05, 3.63) is 52.6 Å². The highest BCUT2D eigenvalue weighted by molar-refractivity contribution is 5.59. The van der Waals surface area contributed by atoms with E-state index in [-0.39, 0.29) is 0 Å². The Labute approximate surface area is 79.6 Å². The quantitative estimate of drug-likeness (QED) is 0.558. The molecular formula is C13H14. The molecule has 0 heterocycles. The van der Waals surface area contributed by atoms with Gasteiger partial charge in [0.1, 0.15) is 0 Å². The lowest BCUT2D eigenvalue weighted by Gasteiger charge is -2.04. The number of hydrogen-bond donors (Lipinski definition) is 0. The van der Waals surface area contributed by atoms with Crippen molar-refractivity contribution in [2.24, 2.45) is 0 Å². The minimum absolute atomic E-state index is 1.09. The van der Waals surface area contributed by atoms with Crippen LogP contribution in [-0.2, 0) is 6.42 Å². The summed E-state index contributed by atoms with van der Waals surface area (Å²) in [6, 6.07) is 8.60. The SMILES string of the molecule is CC1=C(C)Cc2ccccc2C=C1. The molecule has 0 nitrogen and oxygen atoms in total. The molecule has 13 heavy (non-hydrogen) atoms. The number of rotatable bonds is 0. The lowest BCUT2D eigenvalue weighted by atomic mass is 10.0. The predicted octanol–water partition coefficient (Wildman–Crippen LogP) is 3.59. The van der Waals surface area contributed by atoms with Crippen molar-refractivity contribution in [2.45, 2.75) is 20.3 Å². The molecule has 1 aliphatic rings. The van der Waals surface area contributed by atoms with E-state index < -0.39 is 0 Å². The fourth-order valence-electron chi connectivity index (χ4n) is 1.64. The molecule has 0 unspecified atom stereocenters. The van der Waals surface area contributed by atoms with Crippen molar-refractivity contribution >= 4 is 6.08 Å². The van der Waals surface area contributed by atoms with Gasteiger partial charge in [-0.05, 0) is 31.4 Å². The zero-order valence-electron chi connectivity index (χ0n) is 8.17. The fourth-order valence-corrected chi connectivity index (χ4v) is 1.64. The summed E-state index contributed by atoms with van der Waals surface area (Å²) in [4.78, 5) is 0. The minimum atomic E-state index is 1.09. The summed E-state index contributed by atoms with van der Waals surface area (Å²) < 4.78 is 0. The molecule has 2 rings (SSSR count). The largest absolute Gasteiger partial charge is 0.0660 e. The summed E-state index contributed by atoms with van der Waals surface area (Å²) in [6.45, 7) is 4.39. The van der Waals surface area contributed by atoms with E-state index in [2.05, 4.69) is 50.3 Å². The van der Waals surface area contributed by atoms with Gasteiger partial charge < -0.3 is 0 Å². The third-order valence-electron chi connectivity index (χ3n) is 2.70. The smallest absolute Gasteiger partial charge is 0.00582 e. The maximum Gasteiger partial charge on any atom is -0.00582 e. The number of hydrogen-bond acceptors (Lipinski definition) is 0. The average molecular weight is 170 g/mol. The summed E-state index contributed by atoms with van der Waals surface area (Å²) >= 11 is 0. The van der Waals surface area contributed by atoms with Gasteiger partial charge in [0.25, 0.3) is 0 Å². The van der Waals surface area contributed by atoms with Gasteiger partial charge >= 0.3 is 0 Å². The van der Waals surface area contributed by atoms with E-state index in [0.717, 1.165) is 6.42 Å². The molecule has 0 bridgehead atoms. The van der Waals surface area contributed by atoms with Crippen molar-refractivity contribution in [1.82, 2.24) is 0 Å². The molecule has 0 aromatic heterocycles. The Hall–Kier alpha value is -1.30. The number of fused-ring (bicyclic) bond motifs is 1. The number of allylic oxidation sites excluding steroid dienone is 3. The van der Waals surface area contributed by atoms with E-state index in [1.54, 1.807) is 0 Å². The molecule has 0 heteroatoms. The van der Waals surface area contributed by atoms with E-state index in [0.29, 0.717) is 0 Å². The summed E-state index contributed by atoms with van der Waals surface area (Å²) in [6.07, 6.45) is 5.51. The van der Waals surface area contributed by atoms with Crippen LogP contribution in [-0.4, -0.2) is 0 Å². The van der Waals surface area contributed by atoms with Crippen LogP contribution in [0.5, 0.6) is 0 Å². The second kappa shape index (κ2) is 3.21.